The minimum absolute atomic E-state index is 0.126. The Morgan fingerprint density at radius 3 is 2.29 bits per heavy atom. The molecule has 0 amide bonds. The molecule has 1 unspecified atom stereocenters. The molecule has 3 aliphatic rings. The van der Waals surface area contributed by atoms with Crippen molar-refractivity contribution in [2.75, 3.05) is 40.9 Å². The lowest BCUT2D eigenvalue weighted by atomic mass is 9.68. The Kier molecular flexibility index (Phi) is 19.6. The van der Waals surface area contributed by atoms with E-state index in [1.54, 1.807) is 40.4 Å². The number of aryl methyl sites for hydroxylation is 1. The van der Waals surface area contributed by atoms with Crippen molar-refractivity contribution in [2.45, 2.75) is 198 Å². The third-order valence-electron chi connectivity index (χ3n) is 16.8. The Bertz CT molecular complexity index is 2120. The van der Waals surface area contributed by atoms with Crippen LogP contribution in [0.1, 0.15) is 113 Å². The summed E-state index contributed by atoms with van der Waals surface area (Å²) >= 11 is 0. The predicted octanol–water partition coefficient (Wildman–Crippen LogP) is 5.77. The van der Waals surface area contributed by atoms with Gasteiger partial charge in [0.05, 0.1) is 72.5 Å². The molecule has 0 radical (unpaired) electrons. The lowest BCUT2D eigenvalue weighted by Crippen LogP contribution is -2.61. The monoisotopic (exact) mass is 1010 g/mol. The van der Waals surface area contributed by atoms with Gasteiger partial charge >= 0.3 is 5.97 Å². The zero-order valence-electron chi connectivity index (χ0n) is 45.4. The molecule has 1 saturated carbocycles. The minimum Gasteiger partial charge on any atom is -0.494 e. The number of aliphatic hydroxyl groups is 5. The number of hydrogen-bond acceptors (Lipinski definition) is 16. The summed E-state index contributed by atoms with van der Waals surface area (Å²) in [6.07, 6.45) is 1.62. The van der Waals surface area contributed by atoms with E-state index in [9.17, 15) is 30.3 Å². The van der Waals surface area contributed by atoms with Crippen molar-refractivity contribution in [1.29, 1.82) is 0 Å². The number of benzene rings is 1. The van der Waals surface area contributed by atoms with Crippen LogP contribution in [0.2, 0.25) is 0 Å². The van der Waals surface area contributed by atoms with Crippen LogP contribution >= 0.6 is 0 Å². The molecule has 17 heteroatoms. The molecule has 2 aliphatic heterocycles. The van der Waals surface area contributed by atoms with E-state index >= 15 is 0 Å². The quantitative estimate of drug-likeness (QED) is 0.0903. The maximum Gasteiger partial charge on any atom is 0.309 e. The molecule has 3 fully saturated rings. The number of aliphatic hydroxyl groups excluding tert-OH is 3. The van der Waals surface area contributed by atoms with Gasteiger partial charge in [0.25, 0.3) is 0 Å². The highest BCUT2D eigenvalue weighted by Gasteiger charge is 2.55. The summed E-state index contributed by atoms with van der Waals surface area (Å²) in [6, 6.07) is 9.05. The number of rotatable bonds is 15. The van der Waals surface area contributed by atoms with Crippen molar-refractivity contribution in [3.05, 3.63) is 54.7 Å². The van der Waals surface area contributed by atoms with Crippen molar-refractivity contribution >= 4 is 5.97 Å². The van der Waals surface area contributed by atoms with Gasteiger partial charge in [0.2, 0.25) is 0 Å². The molecule has 2 aromatic heterocycles. The largest absolute Gasteiger partial charge is 0.494 e. The molecule has 18 atom stereocenters. The Balaban J connectivity index is 1.20. The Labute approximate surface area is 428 Å². The zero-order chi connectivity index (χ0) is 52.9. The van der Waals surface area contributed by atoms with E-state index in [4.69, 9.17) is 28.1 Å². The number of ether oxygens (including phenoxy) is 5. The van der Waals surface area contributed by atoms with Crippen LogP contribution in [0.25, 0.3) is 11.1 Å². The van der Waals surface area contributed by atoms with Gasteiger partial charge in [-0.1, -0.05) is 52.0 Å². The first-order chi connectivity index (χ1) is 33.9. The van der Waals surface area contributed by atoms with Gasteiger partial charge in [-0.05, 0) is 116 Å². The van der Waals surface area contributed by atoms with E-state index in [0.29, 0.717) is 39.1 Å². The van der Waals surface area contributed by atoms with E-state index in [2.05, 4.69) is 22.1 Å². The van der Waals surface area contributed by atoms with Gasteiger partial charge in [0.1, 0.15) is 29.7 Å². The summed E-state index contributed by atoms with van der Waals surface area (Å²) in [4.78, 5) is 18.8. The van der Waals surface area contributed by atoms with Gasteiger partial charge in [-0.15, -0.1) is 5.10 Å². The van der Waals surface area contributed by atoms with Gasteiger partial charge in [-0.25, -0.2) is 0 Å². The summed E-state index contributed by atoms with van der Waals surface area (Å²) in [5, 5.41) is 69.2. The zero-order valence-corrected chi connectivity index (χ0v) is 45.4. The molecule has 4 heterocycles. The summed E-state index contributed by atoms with van der Waals surface area (Å²) in [5.41, 5.74) is -1.40. The molecule has 0 spiro atoms. The Hall–Kier alpha value is -3.49. The number of furan rings is 1. The molecule has 17 nitrogen and oxygen atoms in total. The fourth-order valence-electron chi connectivity index (χ4n) is 12.3. The third kappa shape index (κ3) is 13.5. The van der Waals surface area contributed by atoms with Crippen LogP contribution < -0.4 is 4.74 Å². The van der Waals surface area contributed by atoms with Crippen molar-refractivity contribution in [2.24, 2.45) is 29.6 Å². The lowest BCUT2D eigenvalue weighted by molar-refractivity contribution is -0.247. The SMILES string of the molecule is CC[C@H]1OC(=O)[C@H](C)C([C@H]2C[C@@](C)(OC)[C@@H](O)[C@H](C)O2)[C@H](C)[C@@H](O[C@@H]2C[C@H](C)C[C@H](N(C)CCc3cn(CCCOc4ccc(-c5ccoc5)cc4)nn3)[C@H]2O)[C@](C)(O)C[C@@H](C)CN(C)[C@H](C)[C@@H](O)[C@]1(C)O. The number of aromatic nitrogens is 3. The van der Waals surface area contributed by atoms with Gasteiger partial charge in [-0.3, -0.25) is 9.48 Å². The van der Waals surface area contributed by atoms with Crippen LogP contribution in [0.3, 0.4) is 0 Å². The second kappa shape index (κ2) is 24.5. The standard InChI is InChI=1S/C55H89N5O12/c1-14-46-55(10,66)49(62)37(6)59(12)30-34(3)28-53(8,65)51(35(4)47(36(5)52(64)72-46)45-29-54(9,67-13)50(63)38(7)70-45)71-44-27-33(2)26-43(48(44)61)58(11)23-20-41-31-60(57-56-41)22-15-24-69-42-18-16-39(17-19-42)40-21-25-68-32-40/h16-19,21,25,31-38,43-51,61-63,65-66H,14-15,20,22-24,26-30H2,1-13H3/t33-,34-,35+,36-,37-,38+,43+,44-,45-,46-,47?,48-,49-,50+,51-,53-,54-,55-/m1/s1. The second-order valence-corrected chi connectivity index (χ2v) is 22.8. The van der Waals surface area contributed by atoms with Crippen LogP contribution in [0.4, 0.5) is 0 Å². The summed E-state index contributed by atoms with van der Waals surface area (Å²) in [7, 11) is 5.44. The highest BCUT2D eigenvalue weighted by molar-refractivity contribution is 5.73. The average Bonchev–Trinajstić information content (AvgIpc) is 4.05. The molecule has 406 valence electrons. The number of carbonyl (C=O) groups excluding carboxylic acids is 1. The van der Waals surface area contributed by atoms with Gasteiger partial charge in [0, 0.05) is 75.8 Å². The van der Waals surface area contributed by atoms with Crippen LogP contribution in [0.15, 0.2) is 53.5 Å². The van der Waals surface area contributed by atoms with Crippen molar-refractivity contribution < 1.29 is 58.4 Å². The normalized spacial score (nSPS) is 39.0. The smallest absolute Gasteiger partial charge is 0.309 e. The summed E-state index contributed by atoms with van der Waals surface area (Å²) in [5.74, 6) is -1.90. The molecule has 2 saturated heterocycles. The molecule has 1 aliphatic carbocycles. The number of cyclic esters (lactones) is 1. The fraction of sp³-hybridized carbons (Fsp3) is 0.764. The maximum absolute atomic E-state index is 14.6. The van der Waals surface area contributed by atoms with E-state index in [1.165, 1.54) is 6.92 Å². The van der Waals surface area contributed by atoms with E-state index in [-0.39, 0.29) is 37.1 Å². The van der Waals surface area contributed by atoms with Crippen LogP contribution in [-0.2, 0) is 36.7 Å². The predicted molar refractivity (Wildman–Crippen MR) is 273 cm³/mol. The first kappa shape index (κ1) is 57.8. The van der Waals surface area contributed by atoms with Crippen molar-refractivity contribution in [3.8, 4) is 16.9 Å². The molecule has 6 rings (SSSR count). The molecule has 1 aromatic carbocycles. The molecule has 0 bridgehead atoms. The van der Waals surface area contributed by atoms with E-state index < -0.39 is 95.4 Å². The van der Waals surface area contributed by atoms with Gasteiger partial charge < -0.3 is 63.4 Å². The highest BCUT2D eigenvalue weighted by atomic mass is 16.6. The van der Waals surface area contributed by atoms with Crippen LogP contribution in [0.5, 0.6) is 5.75 Å². The first-order valence-corrected chi connectivity index (χ1v) is 26.5. The average molecular weight is 1010 g/mol. The molecular weight excluding hydrogens is 923 g/mol. The lowest BCUT2D eigenvalue weighted by Gasteiger charge is -2.51. The van der Waals surface area contributed by atoms with Crippen molar-refractivity contribution in [3.63, 3.8) is 0 Å². The number of esters is 1. The third-order valence-corrected chi connectivity index (χ3v) is 16.8. The number of carbonyl (C=O) groups is 1. The number of likely N-dealkylation sites (N-methyl/N-ethyl adjacent to an activating group) is 2. The Morgan fingerprint density at radius 1 is 0.931 bits per heavy atom. The van der Waals surface area contributed by atoms with Crippen molar-refractivity contribution in [1.82, 2.24) is 24.8 Å². The molecule has 3 aromatic rings. The number of nitrogens with zero attached hydrogens (tertiary/aromatic N) is 5. The minimum atomic E-state index is -1.79. The summed E-state index contributed by atoms with van der Waals surface area (Å²) in [6.45, 7) is 20.7. The fourth-order valence-corrected chi connectivity index (χ4v) is 12.3. The van der Waals surface area contributed by atoms with E-state index in [0.717, 1.165) is 35.4 Å². The number of methoxy groups -OCH3 is 1. The first-order valence-electron chi connectivity index (χ1n) is 26.5. The topological polar surface area (TPSA) is 215 Å². The highest BCUT2D eigenvalue weighted by Crippen LogP contribution is 2.45. The van der Waals surface area contributed by atoms with Crippen LogP contribution in [0, 0.1) is 29.6 Å². The summed E-state index contributed by atoms with van der Waals surface area (Å²) < 4.78 is 39.1. The van der Waals surface area contributed by atoms with Gasteiger partial charge in [0.15, 0.2) is 0 Å². The second-order valence-electron chi connectivity index (χ2n) is 22.8. The van der Waals surface area contributed by atoms with E-state index in [1.807, 2.05) is 94.8 Å². The molecule has 72 heavy (non-hydrogen) atoms. The molecular formula is C55H89N5O12. The Morgan fingerprint density at radius 2 is 1.64 bits per heavy atom. The number of hydrogen-bond donors (Lipinski definition) is 5. The van der Waals surface area contributed by atoms with Crippen LogP contribution in [-0.4, -0.2) is 175 Å². The molecule has 5 N–H and O–H groups in total. The maximum atomic E-state index is 14.6. The van der Waals surface area contributed by atoms with Gasteiger partial charge in [-0.2, -0.15) is 0 Å².